The topological polar surface area (TPSA) is 66.0 Å². The normalized spacial score (nSPS) is 10.8. The van der Waals surface area contributed by atoms with Gasteiger partial charge in [0.15, 0.2) is 0 Å². The number of aromatic nitrogens is 3. The summed E-state index contributed by atoms with van der Waals surface area (Å²) in [6.07, 6.45) is 1.77. The molecule has 0 radical (unpaired) electrons. The Kier molecular flexibility index (Phi) is 5.76. The fraction of sp³-hybridized carbons (Fsp3) is 0.250. The minimum Gasteiger partial charge on any atom is -0.353 e. The third-order valence-corrected chi connectivity index (χ3v) is 3.90. The van der Waals surface area contributed by atoms with Crippen molar-refractivity contribution in [1.29, 1.82) is 0 Å². The number of aryl methyl sites for hydroxylation is 1. The first-order chi connectivity index (χ1) is 12.6. The lowest BCUT2D eigenvalue weighted by Gasteiger charge is -2.14. The summed E-state index contributed by atoms with van der Waals surface area (Å²) >= 11 is 0. The Morgan fingerprint density at radius 2 is 1.77 bits per heavy atom. The Hall–Kier alpha value is -2.99. The van der Waals surface area contributed by atoms with Crippen molar-refractivity contribution >= 4 is 17.5 Å². The lowest BCUT2D eigenvalue weighted by Crippen LogP contribution is -2.21. The van der Waals surface area contributed by atoms with E-state index in [4.69, 9.17) is 0 Å². The van der Waals surface area contributed by atoms with Crippen LogP contribution in [0.5, 0.6) is 0 Å². The van der Waals surface area contributed by atoms with E-state index in [9.17, 15) is 0 Å². The van der Waals surface area contributed by atoms with Crippen LogP contribution in [0.15, 0.2) is 54.7 Å². The van der Waals surface area contributed by atoms with Crippen LogP contribution in [-0.2, 0) is 0 Å². The van der Waals surface area contributed by atoms with Crippen molar-refractivity contribution in [3.8, 4) is 11.4 Å². The number of nitrogens with zero attached hydrogens (tertiary/aromatic N) is 4. The number of likely N-dealkylation sites (N-methyl/N-ethyl adjacent to an activating group) is 1. The lowest BCUT2D eigenvalue weighted by atomic mass is 10.2. The molecule has 2 heterocycles. The van der Waals surface area contributed by atoms with Gasteiger partial charge < -0.3 is 15.5 Å². The summed E-state index contributed by atoms with van der Waals surface area (Å²) in [4.78, 5) is 15.8. The van der Waals surface area contributed by atoms with Gasteiger partial charge in [-0.1, -0.05) is 24.3 Å². The quantitative estimate of drug-likeness (QED) is 0.680. The van der Waals surface area contributed by atoms with E-state index in [1.54, 1.807) is 6.20 Å². The van der Waals surface area contributed by atoms with Crippen molar-refractivity contribution in [2.75, 3.05) is 37.8 Å². The lowest BCUT2D eigenvalue weighted by molar-refractivity contribution is 0.425. The van der Waals surface area contributed by atoms with Gasteiger partial charge in [0, 0.05) is 31.0 Å². The molecule has 1 aromatic carbocycles. The Labute approximate surface area is 154 Å². The highest BCUT2D eigenvalue weighted by molar-refractivity contribution is 5.66. The zero-order valence-electron chi connectivity index (χ0n) is 15.4. The van der Waals surface area contributed by atoms with Crippen LogP contribution in [0.25, 0.3) is 11.4 Å². The van der Waals surface area contributed by atoms with Crippen molar-refractivity contribution in [3.63, 3.8) is 0 Å². The van der Waals surface area contributed by atoms with Crippen LogP contribution in [0.4, 0.5) is 17.5 Å². The molecule has 3 rings (SSSR count). The summed E-state index contributed by atoms with van der Waals surface area (Å²) in [5.74, 6) is 1.33. The molecule has 0 aliphatic heterocycles. The average molecular weight is 348 g/mol. The molecule has 0 fully saturated rings. The first-order valence-electron chi connectivity index (χ1n) is 8.63. The van der Waals surface area contributed by atoms with E-state index in [1.807, 2.05) is 56.6 Å². The van der Waals surface area contributed by atoms with E-state index < -0.39 is 0 Å². The number of hydrogen-bond acceptors (Lipinski definition) is 6. The molecule has 0 bridgehead atoms. The summed E-state index contributed by atoms with van der Waals surface area (Å²) in [7, 11) is 4.08. The minimum atomic E-state index is 0.589. The van der Waals surface area contributed by atoms with Crippen LogP contribution in [0.1, 0.15) is 5.56 Å². The molecule has 0 aliphatic carbocycles. The first kappa shape index (κ1) is 17.8. The molecule has 6 nitrogen and oxygen atoms in total. The fourth-order valence-electron chi connectivity index (χ4n) is 2.48. The SMILES string of the molecule is Cc1ccccc1Nc1cc(-c2ccccn2)nc(NCCN(C)C)n1. The van der Waals surface area contributed by atoms with Crippen LogP contribution in [0, 0.1) is 6.92 Å². The third-order valence-electron chi connectivity index (χ3n) is 3.90. The maximum absolute atomic E-state index is 4.62. The molecule has 0 saturated heterocycles. The number of pyridine rings is 1. The van der Waals surface area contributed by atoms with Crippen LogP contribution >= 0.6 is 0 Å². The van der Waals surface area contributed by atoms with Crippen LogP contribution in [0.2, 0.25) is 0 Å². The summed E-state index contributed by atoms with van der Waals surface area (Å²) in [5, 5.41) is 6.69. The van der Waals surface area contributed by atoms with E-state index in [-0.39, 0.29) is 0 Å². The highest BCUT2D eigenvalue weighted by atomic mass is 15.2. The van der Waals surface area contributed by atoms with E-state index >= 15 is 0 Å². The monoisotopic (exact) mass is 348 g/mol. The van der Waals surface area contributed by atoms with Crippen molar-refractivity contribution in [2.45, 2.75) is 6.92 Å². The smallest absolute Gasteiger partial charge is 0.225 e. The Balaban J connectivity index is 1.90. The third kappa shape index (κ3) is 4.77. The maximum Gasteiger partial charge on any atom is 0.225 e. The number of anilines is 3. The molecule has 3 aromatic rings. The average Bonchev–Trinajstić information content (AvgIpc) is 2.64. The maximum atomic E-state index is 4.62. The molecule has 0 atom stereocenters. The van der Waals surface area contributed by atoms with Gasteiger partial charge in [-0.2, -0.15) is 4.98 Å². The van der Waals surface area contributed by atoms with Gasteiger partial charge in [-0.3, -0.25) is 4.98 Å². The summed E-state index contributed by atoms with van der Waals surface area (Å²) in [5.41, 5.74) is 3.78. The molecule has 0 amide bonds. The number of benzene rings is 1. The number of rotatable bonds is 7. The zero-order valence-corrected chi connectivity index (χ0v) is 15.4. The van der Waals surface area contributed by atoms with Crippen LogP contribution < -0.4 is 10.6 Å². The van der Waals surface area contributed by atoms with Gasteiger partial charge in [-0.25, -0.2) is 4.98 Å². The molecular weight excluding hydrogens is 324 g/mol. The van der Waals surface area contributed by atoms with Crippen molar-refractivity contribution in [3.05, 3.63) is 60.3 Å². The molecule has 0 saturated carbocycles. The van der Waals surface area contributed by atoms with E-state index in [0.717, 1.165) is 41.5 Å². The molecule has 134 valence electrons. The highest BCUT2D eigenvalue weighted by Crippen LogP contribution is 2.23. The standard InChI is InChI=1S/C20H24N6/c1-15-8-4-5-9-16(15)23-19-14-18(17-10-6-7-11-21-17)24-20(25-19)22-12-13-26(2)3/h4-11,14H,12-13H2,1-3H3,(H2,22,23,24,25). The van der Waals surface area contributed by atoms with E-state index in [0.29, 0.717) is 5.95 Å². The predicted molar refractivity (Wildman–Crippen MR) is 107 cm³/mol. The number of hydrogen-bond donors (Lipinski definition) is 2. The summed E-state index contributed by atoms with van der Waals surface area (Å²) < 4.78 is 0. The van der Waals surface area contributed by atoms with Crippen LogP contribution in [-0.4, -0.2) is 47.0 Å². The second-order valence-electron chi connectivity index (χ2n) is 6.35. The molecule has 6 heteroatoms. The number of para-hydroxylation sites is 1. The summed E-state index contributed by atoms with van der Waals surface area (Å²) in [6.45, 7) is 3.74. The first-order valence-corrected chi connectivity index (χ1v) is 8.63. The van der Waals surface area contributed by atoms with Crippen molar-refractivity contribution < 1.29 is 0 Å². The zero-order chi connectivity index (χ0) is 18.4. The molecule has 2 N–H and O–H groups in total. The van der Waals surface area contributed by atoms with E-state index in [1.165, 1.54) is 0 Å². The molecule has 2 aromatic heterocycles. The Morgan fingerprint density at radius 1 is 0.962 bits per heavy atom. The van der Waals surface area contributed by atoms with Crippen molar-refractivity contribution in [2.24, 2.45) is 0 Å². The van der Waals surface area contributed by atoms with Gasteiger partial charge in [0.2, 0.25) is 5.95 Å². The second-order valence-corrected chi connectivity index (χ2v) is 6.35. The van der Waals surface area contributed by atoms with Crippen molar-refractivity contribution in [1.82, 2.24) is 19.9 Å². The van der Waals surface area contributed by atoms with Gasteiger partial charge >= 0.3 is 0 Å². The fourth-order valence-corrected chi connectivity index (χ4v) is 2.48. The van der Waals surface area contributed by atoms with E-state index in [2.05, 4.69) is 43.5 Å². The largest absolute Gasteiger partial charge is 0.353 e. The highest BCUT2D eigenvalue weighted by Gasteiger charge is 2.09. The number of nitrogens with one attached hydrogen (secondary N) is 2. The van der Waals surface area contributed by atoms with Gasteiger partial charge in [0.05, 0.1) is 11.4 Å². The molecule has 0 unspecified atom stereocenters. The Morgan fingerprint density at radius 3 is 2.50 bits per heavy atom. The van der Waals surface area contributed by atoms with Gasteiger partial charge in [-0.15, -0.1) is 0 Å². The van der Waals surface area contributed by atoms with Gasteiger partial charge in [-0.05, 0) is 44.8 Å². The molecule has 0 aliphatic rings. The molecule has 0 spiro atoms. The molecular formula is C20H24N6. The van der Waals surface area contributed by atoms with Gasteiger partial charge in [0.1, 0.15) is 5.82 Å². The summed E-state index contributed by atoms with van der Waals surface area (Å²) in [6, 6.07) is 15.9. The second kappa shape index (κ2) is 8.40. The minimum absolute atomic E-state index is 0.589. The Bertz CT molecular complexity index is 848. The van der Waals surface area contributed by atoms with Gasteiger partial charge in [0.25, 0.3) is 0 Å². The predicted octanol–water partition coefficient (Wildman–Crippen LogP) is 3.56. The van der Waals surface area contributed by atoms with Crippen LogP contribution in [0.3, 0.4) is 0 Å². The molecule has 26 heavy (non-hydrogen) atoms.